The van der Waals surface area contributed by atoms with Gasteiger partial charge in [0, 0.05) is 17.2 Å². The van der Waals surface area contributed by atoms with Crippen molar-refractivity contribution >= 4 is 11.8 Å². The third-order valence-corrected chi connectivity index (χ3v) is 4.10. The van der Waals surface area contributed by atoms with E-state index in [2.05, 4.69) is 23.5 Å². The van der Waals surface area contributed by atoms with E-state index in [0.717, 1.165) is 25.3 Å². The lowest BCUT2D eigenvalue weighted by Gasteiger charge is -2.13. The van der Waals surface area contributed by atoms with Crippen molar-refractivity contribution in [2.24, 2.45) is 0 Å². The minimum atomic E-state index is 0.372. The SMILES string of the molecule is c1cc2c(cc1OC1CCNC1)CCS2. The first-order valence-corrected chi connectivity index (χ1v) is 6.53. The summed E-state index contributed by atoms with van der Waals surface area (Å²) in [6.45, 7) is 2.08. The Morgan fingerprint density at radius 3 is 3.27 bits per heavy atom. The second-order valence-corrected chi connectivity index (χ2v) is 5.24. The molecule has 0 spiro atoms. The maximum absolute atomic E-state index is 5.93. The molecule has 0 saturated carbocycles. The highest BCUT2D eigenvalue weighted by molar-refractivity contribution is 7.99. The summed E-state index contributed by atoms with van der Waals surface area (Å²) in [6, 6.07) is 6.52. The van der Waals surface area contributed by atoms with Gasteiger partial charge in [0.2, 0.25) is 0 Å². The molecule has 15 heavy (non-hydrogen) atoms. The molecule has 0 aliphatic carbocycles. The molecule has 3 heteroatoms. The molecule has 1 aromatic rings. The Kier molecular flexibility index (Phi) is 2.59. The quantitative estimate of drug-likeness (QED) is 0.826. The van der Waals surface area contributed by atoms with E-state index in [9.17, 15) is 0 Å². The average Bonchev–Trinajstić information content (AvgIpc) is 2.87. The van der Waals surface area contributed by atoms with Crippen molar-refractivity contribution < 1.29 is 4.74 Å². The summed E-state index contributed by atoms with van der Waals surface area (Å²) in [4.78, 5) is 1.44. The molecule has 1 fully saturated rings. The molecule has 1 unspecified atom stereocenters. The fourth-order valence-corrected chi connectivity index (χ4v) is 3.21. The van der Waals surface area contributed by atoms with E-state index < -0.39 is 0 Å². The Hall–Kier alpha value is -0.670. The van der Waals surface area contributed by atoms with Crippen molar-refractivity contribution in [2.45, 2.75) is 23.8 Å². The van der Waals surface area contributed by atoms with Crippen molar-refractivity contribution in [3.63, 3.8) is 0 Å². The molecule has 2 nitrogen and oxygen atoms in total. The Morgan fingerprint density at radius 1 is 1.40 bits per heavy atom. The number of benzene rings is 1. The minimum Gasteiger partial charge on any atom is -0.489 e. The number of nitrogens with one attached hydrogen (secondary N) is 1. The van der Waals surface area contributed by atoms with Crippen LogP contribution in [0.25, 0.3) is 0 Å². The summed E-state index contributed by atoms with van der Waals surface area (Å²) >= 11 is 1.95. The van der Waals surface area contributed by atoms with E-state index in [-0.39, 0.29) is 0 Å². The summed E-state index contributed by atoms with van der Waals surface area (Å²) in [5, 5.41) is 3.32. The Morgan fingerprint density at radius 2 is 2.40 bits per heavy atom. The van der Waals surface area contributed by atoms with E-state index in [1.54, 1.807) is 0 Å². The molecule has 2 aliphatic heterocycles. The van der Waals surface area contributed by atoms with Gasteiger partial charge in [0.25, 0.3) is 0 Å². The third-order valence-electron chi connectivity index (χ3n) is 2.98. The van der Waals surface area contributed by atoms with Crippen LogP contribution in [-0.2, 0) is 6.42 Å². The Balaban J connectivity index is 1.75. The summed E-state index contributed by atoms with van der Waals surface area (Å²) in [5.41, 5.74) is 1.46. The number of aryl methyl sites for hydroxylation is 1. The zero-order valence-corrected chi connectivity index (χ0v) is 9.48. The van der Waals surface area contributed by atoms with Crippen LogP contribution < -0.4 is 10.1 Å². The van der Waals surface area contributed by atoms with Crippen LogP contribution in [0.4, 0.5) is 0 Å². The standard InChI is InChI=1S/C12H15NOS/c1-2-12-9(4-6-15-12)7-10(1)14-11-3-5-13-8-11/h1-2,7,11,13H,3-6,8H2. The van der Waals surface area contributed by atoms with Gasteiger partial charge in [0.05, 0.1) is 0 Å². The van der Waals surface area contributed by atoms with Gasteiger partial charge in [-0.3, -0.25) is 0 Å². The molecule has 80 valence electrons. The van der Waals surface area contributed by atoms with Gasteiger partial charge in [-0.05, 0) is 43.1 Å². The van der Waals surface area contributed by atoms with Gasteiger partial charge in [0.1, 0.15) is 11.9 Å². The zero-order chi connectivity index (χ0) is 10.1. The molecule has 0 radical (unpaired) electrons. The summed E-state index contributed by atoms with van der Waals surface area (Å²) in [7, 11) is 0. The average molecular weight is 221 g/mol. The van der Waals surface area contributed by atoms with Gasteiger partial charge in [-0.2, -0.15) is 0 Å². The lowest BCUT2D eigenvalue weighted by atomic mass is 10.1. The monoisotopic (exact) mass is 221 g/mol. The van der Waals surface area contributed by atoms with Crippen molar-refractivity contribution in [1.29, 1.82) is 0 Å². The van der Waals surface area contributed by atoms with Crippen molar-refractivity contribution in [2.75, 3.05) is 18.8 Å². The fraction of sp³-hybridized carbons (Fsp3) is 0.500. The lowest BCUT2D eigenvalue weighted by molar-refractivity contribution is 0.223. The van der Waals surface area contributed by atoms with Crippen LogP contribution in [0.15, 0.2) is 23.1 Å². The zero-order valence-electron chi connectivity index (χ0n) is 8.66. The number of rotatable bonds is 2. The predicted molar refractivity (Wildman–Crippen MR) is 62.8 cm³/mol. The highest BCUT2D eigenvalue weighted by Crippen LogP contribution is 2.33. The summed E-state index contributed by atoms with van der Waals surface area (Å²) in [5.74, 6) is 2.27. The summed E-state index contributed by atoms with van der Waals surface area (Å²) < 4.78 is 5.93. The number of thioether (sulfide) groups is 1. The lowest BCUT2D eigenvalue weighted by Crippen LogP contribution is -2.19. The number of hydrogen-bond acceptors (Lipinski definition) is 3. The molecular formula is C12H15NOS. The second-order valence-electron chi connectivity index (χ2n) is 4.10. The highest BCUT2D eigenvalue weighted by atomic mass is 32.2. The number of hydrogen-bond donors (Lipinski definition) is 1. The van der Waals surface area contributed by atoms with E-state index in [1.807, 2.05) is 11.8 Å². The first-order valence-electron chi connectivity index (χ1n) is 5.55. The summed E-state index contributed by atoms with van der Waals surface area (Å²) in [6.07, 6.45) is 2.70. The minimum absolute atomic E-state index is 0.372. The molecule has 3 rings (SSSR count). The number of fused-ring (bicyclic) bond motifs is 1. The largest absolute Gasteiger partial charge is 0.489 e. The van der Waals surface area contributed by atoms with Crippen LogP contribution in [0, 0.1) is 0 Å². The van der Waals surface area contributed by atoms with Crippen LogP contribution in [0.1, 0.15) is 12.0 Å². The third kappa shape index (κ3) is 1.99. The van der Waals surface area contributed by atoms with Gasteiger partial charge >= 0.3 is 0 Å². The maximum atomic E-state index is 5.93. The maximum Gasteiger partial charge on any atom is 0.120 e. The smallest absolute Gasteiger partial charge is 0.120 e. The number of ether oxygens (including phenoxy) is 1. The van der Waals surface area contributed by atoms with Gasteiger partial charge in [0.15, 0.2) is 0 Å². The molecule has 2 aliphatic rings. The molecule has 0 aromatic heterocycles. The Bertz CT molecular complexity index is 361. The van der Waals surface area contributed by atoms with Gasteiger partial charge in [-0.1, -0.05) is 0 Å². The molecule has 1 saturated heterocycles. The van der Waals surface area contributed by atoms with Crippen molar-refractivity contribution in [3.05, 3.63) is 23.8 Å². The van der Waals surface area contributed by atoms with E-state index in [4.69, 9.17) is 4.74 Å². The van der Waals surface area contributed by atoms with E-state index >= 15 is 0 Å². The van der Waals surface area contributed by atoms with Gasteiger partial charge in [-0.25, -0.2) is 0 Å². The van der Waals surface area contributed by atoms with Gasteiger partial charge < -0.3 is 10.1 Å². The fourth-order valence-electron chi connectivity index (χ4n) is 2.16. The van der Waals surface area contributed by atoms with Crippen LogP contribution in [0.2, 0.25) is 0 Å². The van der Waals surface area contributed by atoms with Crippen LogP contribution >= 0.6 is 11.8 Å². The first kappa shape index (κ1) is 9.55. The molecular weight excluding hydrogens is 206 g/mol. The molecule has 2 heterocycles. The highest BCUT2D eigenvalue weighted by Gasteiger charge is 2.17. The second kappa shape index (κ2) is 4.06. The first-order chi connectivity index (χ1) is 7.42. The van der Waals surface area contributed by atoms with E-state index in [1.165, 1.54) is 22.6 Å². The Labute approximate surface area is 94.4 Å². The normalized spacial score (nSPS) is 24.1. The van der Waals surface area contributed by atoms with Crippen LogP contribution in [0.3, 0.4) is 0 Å². The van der Waals surface area contributed by atoms with Crippen molar-refractivity contribution in [1.82, 2.24) is 5.32 Å². The molecule has 0 amide bonds. The predicted octanol–water partition coefficient (Wildman–Crippen LogP) is 2.08. The van der Waals surface area contributed by atoms with Crippen molar-refractivity contribution in [3.8, 4) is 5.75 Å². The molecule has 0 bridgehead atoms. The van der Waals surface area contributed by atoms with Crippen LogP contribution in [-0.4, -0.2) is 24.9 Å². The van der Waals surface area contributed by atoms with Gasteiger partial charge in [-0.15, -0.1) is 11.8 Å². The molecule has 1 N–H and O–H groups in total. The van der Waals surface area contributed by atoms with E-state index in [0.29, 0.717) is 6.10 Å². The topological polar surface area (TPSA) is 21.3 Å². The molecule has 1 atom stereocenters. The molecule has 1 aromatic carbocycles. The van der Waals surface area contributed by atoms with Crippen LogP contribution in [0.5, 0.6) is 5.75 Å².